The predicted octanol–water partition coefficient (Wildman–Crippen LogP) is 1.52. The van der Waals surface area contributed by atoms with Gasteiger partial charge in [0, 0.05) is 24.8 Å². The van der Waals surface area contributed by atoms with Crippen molar-refractivity contribution in [2.24, 2.45) is 0 Å². The van der Waals surface area contributed by atoms with E-state index in [0.29, 0.717) is 29.7 Å². The Morgan fingerprint density at radius 3 is 2.10 bits per heavy atom. The van der Waals surface area contributed by atoms with Gasteiger partial charge >= 0.3 is 0 Å². The van der Waals surface area contributed by atoms with Gasteiger partial charge < -0.3 is 10.6 Å². The zero-order valence-corrected chi connectivity index (χ0v) is 13.1. The van der Waals surface area contributed by atoms with Gasteiger partial charge in [0.05, 0.1) is 4.90 Å². The van der Waals surface area contributed by atoms with Crippen LogP contribution >= 0.6 is 0 Å². The highest BCUT2D eigenvalue weighted by Crippen LogP contribution is 2.25. The Kier molecular flexibility index (Phi) is 4.19. The minimum Gasteiger partial charge on any atom is -0.399 e. The second kappa shape index (κ2) is 5.94. The fourth-order valence-corrected chi connectivity index (χ4v) is 4.81. The maximum Gasteiger partial charge on any atom is 0.243 e. The lowest BCUT2D eigenvalue weighted by atomic mass is 10.1. The molecule has 3 rings (SSSR count). The van der Waals surface area contributed by atoms with Gasteiger partial charge in [-0.1, -0.05) is 0 Å². The monoisotopic (exact) mass is 309 g/mol. The van der Waals surface area contributed by atoms with Crippen LogP contribution in [0.15, 0.2) is 29.2 Å². The van der Waals surface area contributed by atoms with E-state index in [1.54, 1.807) is 28.6 Å². The average Bonchev–Trinajstić information content (AvgIpc) is 3.02. The normalized spacial score (nSPS) is 22.7. The van der Waals surface area contributed by atoms with Crippen LogP contribution in [-0.2, 0) is 10.0 Å². The van der Waals surface area contributed by atoms with Crippen LogP contribution in [0.1, 0.15) is 25.7 Å². The van der Waals surface area contributed by atoms with Crippen molar-refractivity contribution in [2.75, 3.05) is 31.9 Å². The molecule has 0 radical (unpaired) electrons. The van der Waals surface area contributed by atoms with E-state index in [0.717, 1.165) is 12.8 Å². The Bertz CT molecular complexity index is 571. The van der Waals surface area contributed by atoms with Gasteiger partial charge in [-0.05, 0) is 63.0 Å². The summed E-state index contributed by atoms with van der Waals surface area (Å²) in [6.45, 7) is 3.59. The zero-order chi connectivity index (χ0) is 14.9. The first-order valence-electron chi connectivity index (χ1n) is 7.67. The Hall–Kier alpha value is -1.11. The summed E-state index contributed by atoms with van der Waals surface area (Å²) in [5.41, 5.74) is 6.21. The summed E-state index contributed by atoms with van der Waals surface area (Å²) in [5, 5.41) is 0. The number of piperidine rings is 1. The molecular formula is C15H23N3O2S. The summed E-state index contributed by atoms with van der Waals surface area (Å²) in [5.74, 6) is 0. The van der Waals surface area contributed by atoms with Crippen LogP contribution in [0, 0.1) is 0 Å². The number of anilines is 1. The molecule has 2 aliphatic heterocycles. The van der Waals surface area contributed by atoms with Gasteiger partial charge in [0.25, 0.3) is 0 Å². The highest BCUT2D eigenvalue weighted by Gasteiger charge is 2.32. The standard InChI is InChI=1S/C15H23N3O2S/c16-13-3-5-15(6-4-13)21(19,20)18-11-7-14(8-12-18)17-9-1-2-10-17/h3-6,14H,1-2,7-12,16H2. The zero-order valence-electron chi connectivity index (χ0n) is 12.2. The molecule has 1 aromatic carbocycles. The molecule has 2 heterocycles. The van der Waals surface area contributed by atoms with E-state index in [4.69, 9.17) is 5.73 Å². The van der Waals surface area contributed by atoms with Crippen LogP contribution in [0.2, 0.25) is 0 Å². The number of nitrogens with two attached hydrogens (primary N) is 1. The first kappa shape index (κ1) is 14.8. The second-order valence-corrected chi connectivity index (χ2v) is 7.89. The maximum atomic E-state index is 12.6. The molecule has 116 valence electrons. The number of sulfonamides is 1. The van der Waals surface area contributed by atoms with Crippen molar-refractivity contribution in [3.8, 4) is 0 Å². The number of likely N-dealkylation sites (tertiary alicyclic amines) is 1. The van der Waals surface area contributed by atoms with Gasteiger partial charge in [-0.2, -0.15) is 4.31 Å². The molecule has 2 saturated heterocycles. The molecular weight excluding hydrogens is 286 g/mol. The largest absolute Gasteiger partial charge is 0.399 e. The molecule has 1 aromatic rings. The molecule has 6 heteroatoms. The topological polar surface area (TPSA) is 66.6 Å². The first-order chi connectivity index (χ1) is 10.1. The lowest BCUT2D eigenvalue weighted by Crippen LogP contribution is -2.45. The third kappa shape index (κ3) is 3.07. The van der Waals surface area contributed by atoms with Gasteiger partial charge in [-0.25, -0.2) is 8.42 Å². The Balaban J connectivity index is 1.66. The molecule has 5 nitrogen and oxygen atoms in total. The van der Waals surface area contributed by atoms with Gasteiger partial charge in [0.2, 0.25) is 10.0 Å². The Labute approximate surface area is 126 Å². The third-order valence-electron chi connectivity index (χ3n) is 4.60. The Morgan fingerprint density at radius 1 is 0.952 bits per heavy atom. The third-order valence-corrected chi connectivity index (χ3v) is 6.51. The fraction of sp³-hybridized carbons (Fsp3) is 0.600. The summed E-state index contributed by atoms with van der Waals surface area (Å²) in [4.78, 5) is 2.86. The van der Waals surface area contributed by atoms with E-state index < -0.39 is 10.0 Å². The minimum absolute atomic E-state index is 0.344. The number of hydrogen-bond donors (Lipinski definition) is 1. The second-order valence-electron chi connectivity index (χ2n) is 5.95. The average molecular weight is 309 g/mol. The van der Waals surface area contributed by atoms with E-state index in [2.05, 4.69) is 4.90 Å². The van der Waals surface area contributed by atoms with Crippen molar-refractivity contribution in [3.63, 3.8) is 0 Å². The van der Waals surface area contributed by atoms with Crippen molar-refractivity contribution in [3.05, 3.63) is 24.3 Å². The SMILES string of the molecule is Nc1ccc(S(=O)(=O)N2CCC(N3CCCC3)CC2)cc1. The quantitative estimate of drug-likeness (QED) is 0.860. The number of rotatable bonds is 3. The molecule has 21 heavy (non-hydrogen) atoms. The van der Waals surface area contributed by atoms with Gasteiger partial charge in [0.1, 0.15) is 0 Å². The molecule has 2 fully saturated rings. The van der Waals surface area contributed by atoms with E-state index in [9.17, 15) is 8.42 Å². The molecule has 0 amide bonds. The van der Waals surface area contributed by atoms with Crippen LogP contribution in [0.3, 0.4) is 0 Å². The number of nitrogen functional groups attached to an aromatic ring is 1. The van der Waals surface area contributed by atoms with Crippen molar-refractivity contribution >= 4 is 15.7 Å². The van der Waals surface area contributed by atoms with E-state index >= 15 is 0 Å². The van der Waals surface area contributed by atoms with Crippen molar-refractivity contribution in [1.82, 2.24) is 9.21 Å². The lowest BCUT2D eigenvalue weighted by molar-refractivity contribution is 0.168. The summed E-state index contributed by atoms with van der Waals surface area (Å²) in [6, 6.07) is 7.03. The highest BCUT2D eigenvalue weighted by atomic mass is 32.2. The van der Waals surface area contributed by atoms with Crippen LogP contribution < -0.4 is 5.73 Å². The molecule has 2 N–H and O–H groups in total. The van der Waals surface area contributed by atoms with Gasteiger partial charge in [-0.3, -0.25) is 0 Å². The van der Waals surface area contributed by atoms with E-state index in [-0.39, 0.29) is 0 Å². The smallest absolute Gasteiger partial charge is 0.243 e. The molecule has 0 saturated carbocycles. The van der Waals surface area contributed by atoms with Crippen LogP contribution in [0.4, 0.5) is 5.69 Å². The molecule has 0 unspecified atom stereocenters. The minimum atomic E-state index is -3.37. The van der Waals surface area contributed by atoms with Crippen LogP contribution in [0.25, 0.3) is 0 Å². The highest BCUT2D eigenvalue weighted by molar-refractivity contribution is 7.89. The first-order valence-corrected chi connectivity index (χ1v) is 9.11. The predicted molar refractivity (Wildman–Crippen MR) is 83.4 cm³/mol. The van der Waals surface area contributed by atoms with Gasteiger partial charge in [0.15, 0.2) is 0 Å². The van der Waals surface area contributed by atoms with Crippen molar-refractivity contribution < 1.29 is 8.42 Å². The van der Waals surface area contributed by atoms with E-state index in [1.807, 2.05) is 0 Å². The fourth-order valence-electron chi connectivity index (χ4n) is 3.34. The van der Waals surface area contributed by atoms with Crippen LogP contribution in [-0.4, -0.2) is 49.8 Å². The number of nitrogens with zero attached hydrogens (tertiary/aromatic N) is 2. The molecule has 0 aliphatic carbocycles. The van der Waals surface area contributed by atoms with Crippen LogP contribution in [0.5, 0.6) is 0 Å². The van der Waals surface area contributed by atoms with E-state index in [1.165, 1.54) is 25.9 Å². The molecule has 0 bridgehead atoms. The molecule has 2 aliphatic rings. The maximum absolute atomic E-state index is 12.6. The molecule has 0 atom stereocenters. The molecule has 0 aromatic heterocycles. The number of hydrogen-bond acceptors (Lipinski definition) is 4. The number of benzene rings is 1. The summed E-state index contributed by atoms with van der Waals surface area (Å²) in [6.07, 6.45) is 4.44. The lowest BCUT2D eigenvalue weighted by Gasteiger charge is -2.36. The Morgan fingerprint density at radius 2 is 1.52 bits per heavy atom. The van der Waals surface area contributed by atoms with Gasteiger partial charge in [-0.15, -0.1) is 0 Å². The van der Waals surface area contributed by atoms with Crippen molar-refractivity contribution in [1.29, 1.82) is 0 Å². The summed E-state index contributed by atoms with van der Waals surface area (Å²) >= 11 is 0. The summed E-state index contributed by atoms with van der Waals surface area (Å²) in [7, 11) is -3.37. The summed E-state index contributed by atoms with van der Waals surface area (Å²) < 4.78 is 26.8. The van der Waals surface area contributed by atoms with Crippen molar-refractivity contribution in [2.45, 2.75) is 36.6 Å². The molecule has 0 spiro atoms.